The van der Waals surface area contributed by atoms with Gasteiger partial charge in [0.05, 0.1) is 16.5 Å². The summed E-state index contributed by atoms with van der Waals surface area (Å²) >= 11 is 1.18. The van der Waals surface area contributed by atoms with E-state index in [-0.39, 0.29) is 5.69 Å². The van der Waals surface area contributed by atoms with Crippen LogP contribution in [0.25, 0.3) is 5.69 Å². The maximum absolute atomic E-state index is 12.8. The molecular weight excluding hydrogens is 401 g/mol. The van der Waals surface area contributed by atoms with Gasteiger partial charge in [-0.2, -0.15) is 13.2 Å². The van der Waals surface area contributed by atoms with Crippen LogP contribution in [0.4, 0.5) is 18.9 Å². The largest absolute Gasteiger partial charge is 0.416 e. The van der Waals surface area contributed by atoms with Gasteiger partial charge in [-0.3, -0.25) is 9.36 Å². The highest BCUT2D eigenvalue weighted by Gasteiger charge is 2.30. The number of anilines is 1. The quantitative estimate of drug-likeness (QED) is 0.589. The van der Waals surface area contributed by atoms with E-state index < -0.39 is 22.9 Å². The molecule has 3 aromatic rings. The van der Waals surface area contributed by atoms with Gasteiger partial charge >= 0.3 is 6.18 Å². The SMILES string of the molecule is Cc1ccc(-n2cnnc2SC(C)C(=O)Nc2cccc(C(F)(F)F)c2)c(C)c1. The predicted octanol–water partition coefficient (Wildman–Crippen LogP) is 5.02. The summed E-state index contributed by atoms with van der Waals surface area (Å²) in [5.74, 6) is -0.426. The summed E-state index contributed by atoms with van der Waals surface area (Å²) in [5.41, 5.74) is 2.34. The van der Waals surface area contributed by atoms with Crippen LogP contribution in [0, 0.1) is 13.8 Å². The van der Waals surface area contributed by atoms with Crippen molar-refractivity contribution in [2.45, 2.75) is 37.4 Å². The first-order chi connectivity index (χ1) is 13.6. The van der Waals surface area contributed by atoms with Crippen molar-refractivity contribution in [3.05, 3.63) is 65.5 Å². The van der Waals surface area contributed by atoms with E-state index in [9.17, 15) is 18.0 Å². The van der Waals surface area contributed by atoms with Crippen LogP contribution in [0.5, 0.6) is 0 Å². The molecule has 0 radical (unpaired) electrons. The van der Waals surface area contributed by atoms with Crippen molar-refractivity contribution in [2.24, 2.45) is 0 Å². The zero-order chi connectivity index (χ0) is 21.2. The minimum absolute atomic E-state index is 0.0909. The standard InChI is InChI=1S/C20H19F3N4OS/c1-12-7-8-17(13(2)9-12)27-11-24-26-19(27)29-14(3)18(28)25-16-6-4-5-15(10-16)20(21,22)23/h4-11,14H,1-3H3,(H,25,28). The number of amides is 1. The van der Waals surface area contributed by atoms with E-state index in [0.717, 1.165) is 28.9 Å². The van der Waals surface area contributed by atoms with Crippen LogP contribution in [-0.2, 0) is 11.0 Å². The second-order valence-electron chi connectivity index (χ2n) is 6.60. The number of halogens is 3. The molecule has 0 aliphatic rings. The second kappa shape index (κ2) is 8.28. The van der Waals surface area contributed by atoms with Gasteiger partial charge in [0.15, 0.2) is 5.16 Å². The van der Waals surface area contributed by atoms with Crippen LogP contribution in [0.15, 0.2) is 53.9 Å². The van der Waals surface area contributed by atoms with Gasteiger partial charge in [-0.15, -0.1) is 10.2 Å². The molecule has 3 rings (SSSR count). The molecule has 0 bridgehead atoms. The predicted molar refractivity (Wildman–Crippen MR) is 106 cm³/mol. The molecule has 0 saturated heterocycles. The Balaban J connectivity index is 1.74. The monoisotopic (exact) mass is 420 g/mol. The molecule has 0 spiro atoms. The molecule has 1 amide bonds. The number of nitrogens with zero attached hydrogens (tertiary/aromatic N) is 3. The van der Waals surface area contributed by atoms with E-state index >= 15 is 0 Å². The van der Waals surface area contributed by atoms with Crippen molar-refractivity contribution >= 4 is 23.4 Å². The zero-order valence-electron chi connectivity index (χ0n) is 16.0. The molecule has 2 aromatic carbocycles. The molecule has 29 heavy (non-hydrogen) atoms. The fourth-order valence-electron chi connectivity index (χ4n) is 2.77. The van der Waals surface area contributed by atoms with Gasteiger partial charge in [0.2, 0.25) is 5.91 Å². The number of rotatable bonds is 5. The summed E-state index contributed by atoms with van der Waals surface area (Å²) in [6.45, 7) is 5.63. The maximum Gasteiger partial charge on any atom is 0.416 e. The number of alkyl halides is 3. The summed E-state index contributed by atoms with van der Waals surface area (Å²) in [4.78, 5) is 12.5. The number of aromatic nitrogens is 3. The van der Waals surface area contributed by atoms with Crippen molar-refractivity contribution < 1.29 is 18.0 Å². The Morgan fingerprint density at radius 2 is 1.93 bits per heavy atom. The van der Waals surface area contributed by atoms with Gasteiger partial charge in [-0.25, -0.2) is 0 Å². The lowest BCUT2D eigenvalue weighted by atomic mass is 10.1. The Hall–Kier alpha value is -2.81. The number of thioether (sulfide) groups is 1. The van der Waals surface area contributed by atoms with Crippen molar-refractivity contribution in [1.82, 2.24) is 14.8 Å². The van der Waals surface area contributed by atoms with Crippen LogP contribution >= 0.6 is 11.8 Å². The summed E-state index contributed by atoms with van der Waals surface area (Å²) in [5, 5.41) is 10.5. The first-order valence-corrected chi connectivity index (χ1v) is 9.65. The topological polar surface area (TPSA) is 59.8 Å². The lowest BCUT2D eigenvalue weighted by Gasteiger charge is -2.14. The minimum atomic E-state index is -4.47. The van der Waals surface area contributed by atoms with E-state index in [1.165, 1.54) is 23.9 Å². The highest BCUT2D eigenvalue weighted by Crippen LogP contribution is 2.31. The lowest BCUT2D eigenvalue weighted by molar-refractivity contribution is -0.137. The molecule has 1 aromatic heterocycles. The third-order valence-corrected chi connectivity index (χ3v) is 5.29. The molecule has 0 fully saturated rings. The molecule has 0 aliphatic carbocycles. The number of hydrogen-bond donors (Lipinski definition) is 1. The number of nitrogens with one attached hydrogen (secondary N) is 1. The highest BCUT2D eigenvalue weighted by molar-refractivity contribution is 8.00. The van der Waals surface area contributed by atoms with Gasteiger partial charge in [0.25, 0.3) is 0 Å². The number of carbonyl (C=O) groups is 1. The zero-order valence-corrected chi connectivity index (χ0v) is 16.8. The summed E-state index contributed by atoms with van der Waals surface area (Å²) < 4.78 is 40.3. The third kappa shape index (κ3) is 4.97. The average molecular weight is 420 g/mol. The lowest BCUT2D eigenvalue weighted by Crippen LogP contribution is -2.23. The normalized spacial score (nSPS) is 12.6. The molecule has 1 N–H and O–H groups in total. The van der Waals surface area contributed by atoms with Crippen LogP contribution in [0.3, 0.4) is 0 Å². The second-order valence-corrected chi connectivity index (χ2v) is 7.91. The molecule has 9 heteroatoms. The Morgan fingerprint density at radius 1 is 1.17 bits per heavy atom. The molecule has 5 nitrogen and oxygen atoms in total. The smallest absolute Gasteiger partial charge is 0.325 e. The van der Waals surface area contributed by atoms with Gasteiger partial charge in [-0.1, -0.05) is 35.5 Å². The Labute approximate surface area is 170 Å². The molecule has 0 aliphatic heterocycles. The van der Waals surface area contributed by atoms with Gasteiger partial charge in [0, 0.05) is 5.69 Å². The van der Waals surface area contributed by atoms with E-state index in [0.29, 0.717) is 5.16 Å². The summed E-state index contributed by atoms with van der Waals surface area (Å²) in [6, 6.07) is 10.5. The van der Waals surface area contributed by atoms with Crippen LogP contribution < -0.4 is 5.32 Å². The first-order valence-electron chi connectivity index (χ1n) is 8.77. The Bertz CT molecular complexity index is 1030. The number of carbonyl (C=O) groups excluding carboxylic acids is 1. The fraction of sp³-hybridized carbons (Fsp3) is 0.250. The van der Waals surface area contributed by atoms with E-state index in [1.807, 2.05) is 32.0 Å². The minimum Gasteiger partial charge on any atom is -0.325 e. The highest BCUT2D eigenvalue weighted by atomic mass is 32.2. The molecule has 152 valence electrons. The fourth-order valence-corrected chi connectivity index (χ4v) is 3.61. The van der Waals surface area contributed by atoms with E-state index in [2.05, 4.69) is 15.5 Å². The molecule has 1 atom stereocenters. The number of hydrogen-bond acceptors (Lipinski definition) is 4. The number of aryl methyl sites for hydroxylation is 2. The van der Waals surface area contributed by atoms with Gasteiger partial charge in [0.1, 0.15) is 6.33 Å². The molecule has 0 saturated carbocycles. The Kier molecular flexibility index (Phi) is 5.97. The van der Waals surface area contributed by atoms with Gasteiger partial charge in [-0.05, 0) is 50.6 Å². The number of benzene rings is 2. The van der Waals surface area contributed by atoms with Gasteiger partial charge < -0.3 is 5.32 Å². The van der Waals surface area contributed by atoms with Crippen LogP contribution in [0.1, 0.15) is 23.6 Å². The summed E-state index contributed by atoms with van der Waals surface area (Å²) in [7, 11) is 0. The van der Waals surface area contributed by atoms with Crippen molar-refractivity contribution in [3.63, 3.8) is 0 Å². The summed E-state index contributed by atoms with van der Waals surface area (Å²) in [6.07, 6.45) is -2.90. The van der Waals surface area contributed by atoms with Crippen molar-refractivity contribution in [3.8, 4) is 5.69 Å². The van der Waals surface area contributed by atoms with Crippen molar-refractivity contribution in [2.75, 3.05) is 5.32 Å². The molecule has 1 unspecified atom stereocenters. The molecule has 1 heterocycles. The van der Waals surface area contributed by atoms with Crippen molar-refractivity contribution in [1.29, 1.82) is 0 Å². The first kappa shape index (κ1) is 20.9. The Morgan fingerprint density at radius 3 is 2.62 bits per heavy atom. The van der Waals surface area contributed by atoms with Crippen LogP contribution in [-0.4, -0.2) is 25.9 Å². The van der Waals surface area contributed by atoms with E-state index in [1.54, 1.807) is 17.8 Å². The maximum atomic E-state index is 12.8. The average Bonchev–Trinajstić information content (AvgIpc) is 3.09. The van der Waals surface area contributed by atoms with E-state index in [4.69, 9.17) is 0 Å². The third-order valence-electron chi connectivity index (χ3n) is 4.24. The molecular formula is C20H19F3N4OS. The van der Waals surface area contributed by atoms with Crippen LogP contribution in [0.2, 0.25) is 0 Å².